The molecule has 0 aliphatic carbocycles. The quantitative estimate of drug-likeness (QED) is 0.516. The predicted molar refractivity (Wildman–Crippen MR) is 121 cm³/mol. The molecule has 1 fully saturated rings. The van der Waals surface area contributed by atoms with Crippen LogP contribution in [0.2, 0.25) is 5.02 Å². The summed E-state index contributed by atoms with van der Waals surface area (Å²) in [5, 5.41) is 9.71. The summed E-state index contributed by atoms with van der Waals surface area (Å²) in [6.45, 7) is 6.68. The Morgan fingerprint density at radius 3 is 2.62 bits per heavy atom. The summed E-state index contributed by atoms with van der Waals surface area (Å²) >= 11 is 5.92. The van der Waals surface area contributed by atoms with Gasteiger partial charge in [0.1, 0.15) is 30.2 Å². The molecule has 1 aliphatic rings. The van der Waals surface area contributed by atoms with E-state index in [9.17, 15) is 10.1 Å². The van der Waals surface area contributed by atoms with E-state index in [1.165, 1.54) is 0 Å². The van der Waals surface area contributed by atoms with Gasteiger partial charge in [0.25, 0.3) is 0 Å². The molecule has 1 aliphatic heterocycles. The molecule has 1 heterocycles. The van der Waals surface area contributed by atoms with E-state index >= 15 is 4.39 Å². The van der Waals surface area contributed by atoms with Crippen LogP contribution >= 0.6 is 11.6 Å². The third kappa shape index (κ3) is 6.37. The molecule has 2 aromatic carbocycles. The van der Waals surface area contributed by atoms with Crippen LogP contribution in [0.5, 0.6) is 5.75 Å². The molecule has 1 saturated heterocycles. The Kier molecular flexibility index (Phi) is 7.63. The van der Waals surface area contributed by atoms with Gasteiger partial charge in [0.15, 0.2) is 0 Å². The lowest BCUT2D eigenvalue weighted by molar-refractivity contribution is 0.0144. The van der Waals surface area contributed by atoms with Crippen LogP contribution in [0.1, 0.15) is 56.5 Å². The first-order chi connectivity index (χ1) is 15.2. The zero-order valence-corrected chi connectivity index (χ0v) is 19.4. The summed E-state index contributed by atoms with van der Waals surface area (Å²) in [4.78, 5) is 13.9. The van der Waals surface area contributed by atoms with E-state index in [2.05, 4.69) is 6.07 Å². The summed E-state index contributed by atoms with van der Waals surface area (Å²) < 4.78 is 26.5. The monoisotopic (exact) mass is 458 g/mol. The number of carbonyl (C=O) groups excluding carboxylic acids is 1. The summed E-state index contributed by atoms with van der Waals surface area (Å²) in [5.41, 5.74) is 1.22. The lowest BCUT2D eigenvalue weighted by atomic mass is 9.88. The van der Waals surface area contributed by atoms with E-state index in [1.807, 2.05) is 32.9 Å². The van der Waals surface area contributed by atoms with Crippen molar-refractivity contribution in [3.63, 3.8) is 0 Å². The zero-order chi connectivity index (χ0) is 23.3. The minimum Gasteiger partial charge on any atom is -0.488 e. The molecular weight excluding hydrogens is 431 g/mol. The molecule has 0 saturated carbocycles. The summed E-state index contributed by atoms with van der Waals surface area (Å²) in [6.07, 6.45) is -0.306. The molecule has 0 bridgehead atoms. The Morgan fingerprint density at radius 2 is 1.97 bits per heavy atom. The number of piperidine rings is 1. The van der Waals surface area contributed by atoms with Gasteiger partial charge in [0, 0.05) is 18.1 Å². The van der Waals surface area contributed by atoms with Crippen molar-refractivity contribution in [1.29, 1.82) is 5.26 Å². The van der Waals surface area contributed by atoms with Gasteiger partial charge in [-0.25, -0.2) is 9.18 Å². The van der Waals surface area contributed by atoms with Crippen LogP contribution in [0.3, 0.4) is 0 Å². The number of ether oxygens (including phenoxy) is 2. The van der Waals surface area contributed by atoms with Crippen LogP contribution in [0, 0.1) is 17.2 Å². The molecular formula is C25H28ClFN2O3. The molecule has 32 heavy (non-hydrogen) atoms. The van der Waals surface area contributed by atoms with Gasteiger partial charge in [-0.05, 0) is 74.9 Å². The van der Waals surface area contributed by atoms with E-state index in [4.69, 9.17) is 21.1 Å². The van der Waals surface area contributed by atoms with Gasteiger partial charge in [0.05, 0.1) is 5.56 Å². The molecule has 3 rings (SSSR count). The van der Waals surface area contributed by atoms with E-state index in [-0.39, 0.29) is 18.6 Å². The van der Waals surface area contributed by atoms with Crippen molar-refractivity contribution in [1.82, 2.24) is 4.90 Å². The van der Waals surface area contributed by atoms with E-state index in [0.717, 1.165) is 5.56 Å². The van der Waals surface area contributed by atoms with Crippen molar-refractivity contribution in [3.05, 3.63) is 64.2 Å². The Morgan fingerprint density at radius 1 is 1.25 bits per heavy atom. The van der Waals surface area contributed by atoms with Gasteiger partial charge >= 0.3 is 6.09 Å². The second-order valence-corrected chi connectivity index (χ2v) is 9.43. The summed E-state index contributed by atoms with van der Waals surface area (Å²) in [7, 11) is 0. The van der Waals surface area contributed by atoms with Crippen molar-refractivity contribution in [2.75, 3.05) is 13.1 Å². The molecule has 1 amide bonds. The second-order valence-electron chi connectivity index (χ2n) is 8.99. The van der Waals surface area contributed by atoms with Crippen molar-refractivity contribution in [3.8, 4) is 11.8 Å². The fourth-order valence-electron chi connectivity index (χ4n) is 3.70. The molecule has 0 aromatic heterocycles. The van der Waals surface area contributed by atoms with Crippen LogP contribution in [0.4, 0.5) is 9.18 Å². The van der Waals surface area contributed by atoms with Crippen LogP contribution in [-0.4, -0.2) is 29.7 Å². The maximum Gasteiger partial charge on any atom is 0.410 e. The number of hydrogen-bond acceptors (Lipinski definition) is 4. The average molecular weight is 459 g/mol. The minimum absolute atomic E-state index is 0.161. The van der Waals surface area contributed by atoms with Crippen LogP contribution in [0.25, 0.3) is 0 Å². The Balaban J connectivity index is 1.58. The molecule has 0 N–H and O–H groups in total. The number of rotatable bonds is 5. The Bertz CT molecular complexity index is 991. The molecule has 0 unspecified atom stereocenters. The van der Waals surface area contributed by atoms with Crippen molar-refractivity contribution < 1.29 is 18.7 Å². The first kappa shape index (κ1) is 23.9. The second kappa shape index (κ2) is 10.2. The third-order valence-electron chi connectivity index (χ3n) is 5.33. The molecule has 2 aromatic rings. The third-order valence-corrected chi connectivity index (χ3v) is 5.57. The van der Waals surface area contributed by atoms with Gasteiger partial charge < -0.3 is 14.4 Å². The van der Waals surface area contributed by atoms with E-state index in [0.29, 0.717) is 47.8 Å². The highest BCUT2D eigenvalue weighted by Crippen LogP contribution is 2.35. The van der Waals surface area contributed by atoms with Crippen LogP contribution in [-0.2, 0) is 11.3 Å². The van der Waals surface area contributed by atoms with Crippen LogP contribution in [0.15, 0.2) is 42.5 Å². The standard InChI is InChI=1S/C25H28ClFN2O3/c1-25(2,3)32-24(30)29-11-9-18(10-12-29)23(27)19-6-4-5-17(13-19)16-31-22-8-7-21(26)14-20(22)15-28/h4-8,13-14,18,23H,9-12,16H2,1-3H3/t23-/m0/s1. The van der Waals surface area contributed by atoms with Gasteiger partial charge in [-0.2, -0.15) is 5.26 Å². The van der Waals surface area contributed by atoms with Crippen molar-refractivity contribution in [2.24, 2.45) is 5.92 Å². The molecule has 1 atom stereocenters. The van der Waals surface area contributed by atoms with Crippen molar-refractivity contribution >= 4 is 17.7 Å². The topological polar surface area (TPSA) is 62.6 Å². The number of halogens is 2. The summed E-state index contributed by atoms with van der Waals surface area (Å²) in [5.74, 6) is 0.278. The van der Waals surface area contributed by atoms with Gasteiger partial charge in [0.2, 0.25) is 0 Å². The molecule has 170 valence electrons. The number of nitriles is 1. The highest BCUT2D eigenvalue weighted by molar-refractivity contribution is 6.30. The fourth-order valence-corrected chi connectivity index (χ4v) is 3.88. The maximum absolute atomic E-state index is 15.3. The lowest BCUT2D eigenvalue weighted by Crippen LogP contribution is -2.42. The number of benzene rings is 2. The number of amides is 1. The van der Waals surface area contributed by atoms with Crippen LogP contribution < -0.4 is 4.74 Å². The van der Waals surface area contributed by atoms with Gasteiger partial charge in [-0.3, -0.25) is 0 Å². The molecule has 0 spiro atoms. The highest BCUT2D eigenvalue weighted by Gasteiger charge is 2.31. The average Bonchev–Trinajstić information content (AvgIpc) is 2.76. The van der Waals surface area contributed by atoms with E-state index < -0.39 is 11.8 Å². The number of hydrogen-bond donors (Lipinski definition) is 0. The predicted octanol–water partition coefficient (Wildman–Crippen LogP) is 6.45. The first-order valence-electron chi connectivity index (χ1n) is 10.7. The number of nitrogens with zero attached hydrogens (tertiary/aromatic N) is 2. The fraction of sp³-hybridized carbons (Fsp3) is 0.440. The SMILES string of the molecule is CC(C)(C)OC(=O)N1CCC([C@H](F)c2cccc(COc3ccc(Cl)cc3C#N)c2)CC1. The number of carbonyl (C=O) groups is 1. The Labute approximate surface area is 193 Å². The van der Waals surface area contributed by atoms with Crippen molar-refractivity contribution in [2.45, 2.75) is 52.0 Å². The maximum atomic E-state index is 15.3. The largest absolute Gasteiger partial charge is 0.488 e. The Hall–Kier alpha value is -2.78. The number of likely N-dealkylation sites (tertiary alicyclic amines) is 1. The minimum atomic E-state index is -1.12. The van der Waals surface area contributed by atoms with Gasteiger partial charge in [-0.15, -0.1) is 0 Å². The first-order valence-corrected chi connectivity index (χ1v) is 11.1. The normalized spacial score (nSPS) is 15.7. The highest BCUT2D eigenvalue weighted by atomic mass is 35.5. The van der Waals surface area contributed by atoms with E-state index in [1.54, 1.807) is 35.2 Å². The molecule has 5 nitrogen and oxygen atoms in total. The lowest BCUT2D eigenvalue weighted by Gasteiger charge is -2.34. The zero-order valence-electron chi connectivity index (χ0n) is 18.6. The van der Waals surface area contributed by atoms with Gasteiger partial charge in [-0.1, -0.05) is 29.8 Å². The smallest absolute Gasteiger partial charge is 0.410 e. The molecule has 7 heteroatoms. The number of alkyl halides is 1. The molecule has 0 radical (unpaired) electrons. The summed E-state index contributed by atoms with van der Waals surface area (Å²) in [6, 6.07) is 14.2.